The van der Waals surface area contributed by atoms with Gasteiger partial charge in [-0.15, -0.1) is 0 Å². The number of pyridine rings is 1. The van der Waals surface area contributed by atoms with Crippen molar-refractivity contribution in [2.75, 3.05) is 30.3 Å². The number of rotatable bonds is 8. The molecule has 5 nitrogen and oxygen atoms in total. The van der Waals surface area contributed by atoms with E-state index in [-0.39, 0.29) is 5.97 Å². The van der Waals surface area contributed by atoms with Crippen molar-refractivity contribution >= 4 is 17.3 Å². The Morgan fingerprint density at radius 3 is 2.50 bits per heavy atom. The van der Waals surface area contributed by atoms with Gasteiger partial charge in [0.25, 0.3) is 0 Å². The first-order chi connectivity index (χ1) is 8.76. The average Bonchev–Trinajstić information content (AvgIpc) is 2.37. The molecule has 1 aromatic rings. The molecule has 2 N–H and O–H groups in total. The Morgan fingerprint density at radius 1 is 1.22 bits per heavy atom. The molecule has 0 spiro atoms. The lowest BCUT2D eigenvalue weighted by Gasteiger charge is -2.08. The summed E-state index contributed by atoms with van der Waals surface area (Å²) in [6, 6.07) is 1.98. The third-order valence-corrected chi connectivity index (χ3v) is 2.28. The van der Waals surface area contributed by atoms with Gasteiger partial charge in [-0.25, -0.2) is 0 Å². The molecular formula is C13H21N3O2. The van der Waals surface area contributed by atoms with E-state index in [2.05, 4.69) is 22.5 Å². The fourth-order valence-electron chi connectivity index (χ4n) is 1.44. The van der Waals surface area contributed by atoms with Crippen LogP contribution in [0.25, 0.3) is 0 Å². The van der Waals surface area contributed by atoms with Gasteiger partial charge in [0.2, 0.25) is 0 Å². The Balaban J connectivity index is 2.35. The predicted molar refractivity (Wildman–Crippen MR) is 72.8 cm³/mol. The van der Waals surface area contributed by atoms with Crippen LogP contribution in [0.2, 0.25) is 0 Å². The van der Waals surface area contributed by atoms with Gasteiger partial charge in [-0.1, -0.05) is 6.92 Å². The molecule has 0 bridgehead atoms. The normalized spacial score (nSPS) is 9.89. The largest absolute Gasteiger partial charge is 0.466 e. The van der Waals surface area contributed by atoms with Gasteiger partial charge in [-0.3, -0.25) is 9.78 Å². The summed E-state index contributed by atoms with van der Waals surface area (Å²) in [4.78, 5) is 15.3. The summed E-state index contributed by atoms with van der Waals surface area (Å²) in [5, 5.41) is 6.41. The zero-order valence-corrected chi connectivity index (χ0v) is 11.0. The molecule has 0 unspecified atom stereocenters. The minimum absolute atomic E-state index is 0.182. The van der Waals surface area contributed by atoms with Crippen LogP contribution in [0.3, 0.4) is 0 Å². The Bertz CT molecular complexity index is 369. The Morgan fingerprint density at radius 2 is 1.89 bits per heavy atom. The maximum atomic E-state index is 11.2. The van der Waals surface area contributed by atoms with E-state index in [4.69, 9.17) is 4.74 Å². The first kappa shape index (κ1) is 14.3. The summed E-state index contributed by atoms with van der Waals surface area (Å²) in [5.74, 6) is -0.182. The van der Waals surface area contributed by atoms with Gasteiger partial charge in [0, 0.05) is 13.1 Å². The maximum Gasteiger partial charge on any atom is 0.307 e. The smallest absolute Gasteiger partial charge is 0.307 e. The molecule has 0 aliphatic heterocycles. The van der Waals surface area contributed by atoms with Crippen molar-refractivity contribution in [2.24, 2.45) is 0 Å². The number of nitrogens with one attached hydrogen (secondary N) is 2. The van der Waals surface area contributed by atoms with Crippen LogP contribution in [0.5, 0.6) is 0 Å². The summed E-state index contributed by atoms with van der Waals surface area (Å²) in [5.41, 5.74) is 1.89. The Labute approximate surface area is 108 Å². The van der Waals surface area contributed by atoms with Gasteiger partial charge >= 0.3 is 5.97 Å². The fraction of sp³-hybridized carbons (Fsp3) is 0.538. The fourth-order valence-corrected chi connectivity index (χ4v) is 1.44. The number of hydrogen-bond donors (Lipinski definition) is 2. The number of hydrogen-bond acceptors (Lipinski definition) is 5. The highest BCUT2D eigenvalue weighted by Crippen LogP contribution is 2.12. The monoisotopic (exact) mass is 251 g/mol. The average molecular weight is 251 g/mol. The number of esters is 1. The second kappa shape index (κ2) is 8.33. The van der Waals surface area contributed by atoms with Crippen LogP contribution in [0.1, 0.15) is 26.7 Å². The minimum Gasteiger partial charge on any atom is -0.466 e. The third-order valence-electron chi connectivity index (χ3n) is 2.28. The topological polar surface area (TPSA) is 63.2 Å². The lowest BCUT2D eigenvalue weighted by molar-refractivity contribution is -0.142. The summed E-state index contributed by atoms with van der Waals surface area (Å²) in [6.45, 7) is 5.82. The predicted octanol–water partition coefficient (Wildman–Crippen LogP) is 2.27. The van der Waals surface area contributed by atoms with Crippen molar-refractivity contribution in [3.05, 3.63) is 18.5 Å². The Hall–Kier alpha value is -1.78. The highest BCUT2D eigenvalue weighted by Gasteiger charge is 2.01. The number of carbonyl (C=O) groups excluding carboxylic acids is 1. The molecule has 0 amide bonds. The van der Waals surface area contributed by atoms with E-state index in [0.717, 1.165) is 24.3 Å². The molecule has 5 heteroatoms. The van der Waals surface area contributed by atoms with Gasteiger partial charge in [0.05, 0.1) is 36.8 Å². The summed E-state index contributed by atoms with van der Waals surface area (Å²) in [6.07, 6.45) is 4.95. The molecule has 0 atom stereocenters. The molecule has 1 heterocycles. The van der Waals surface area contributed by atoms with Crippen molar-refractivity contribution in [2.45, 2.75) is 26.7 Å². The highest BCUT2D eigenvalue weighted by atomic mass is 16.5. The van der Waals surface area contributed by atoms with E-state index in [1.165, 1.54) is 0 Å². The molecule has 0 fully saturated rings. The maximum absolute atomic E-state index is 11.2. The minimum atomic E-state index is -0.182. The number of aromatic nitrogens is 1. The van der Waals surface area contributed by atoms with E-state index >= 15 is 0 Å². The zero-order valence-electron chi connectivity index (χ0n) is 11.0. The number of ether oxygens (including phenoxy) is 1. The molecule has 1 aromatic heterocycles. The molecular weight excluding hydrogens is 230 g/mol. The summed E-state index contributed by atoms with van der Waals surface area (Å²) in [7, 11) is 0. The van der Waals surface area contributed by atoms with E-state index in [9.17, 15) is 4.79 Å². The Kier molecular flexibility index (Phi) is 6.61. The molecule has 0 saturated carbocycles. The van der Waals surface area contributed by atoms with Gasteiger partial charge in [0.15, 0.2) is 0 Å². The lowest BCUT2D eigenvalue weighted by atomic mass is 10.3. The van der Waals surface area contributed by atoms with E-state index in [1.54, 1.807) is 19.3 Å². The van der Waals surface area contributed by atoms with E-state index in [0.29, 0.717) is 19.6 Å². The molecule has 0 radical (unpaired) electrons. The second-order valence-corrected chi connectivity index (χ2v) is 3.87. The molecule has 0 aliphatic rings. The molecule has 0 aromatic carbocycles. The van der Waals surface area contributed by atoms with Gasteiger partial charge in [-0.2, -0.15) is 0 Å². The van der Waals surface area contributed by atoms with Crippen LogP contribution in [0.15, 0.2) is 18.5 Å². The molecule has 1 rings (SSSR count). The van der Waals surface area contributed by atoms with Crippen LogP contribution in [-0.2, 0) is 9.53 Å². The van der Waals surface area contributed by atoms with Crippen molar-refractivity contribution in [1.82, 2.24) is 4.98 Å². The standard InChI is InChI=1S/C13H21N3O2/c1-3-6-15-11-8-12(10-14-9-11)16-7-5-13(17)18-4-2/h8-10,15-16H,3-7H2,1-2H3. The van der Waals surface area contributed by atoms with Crippen molar-refractivity contribution < 1.29 is 9.53 Å². The van der Waals surface area contributed by atoms with Crippen LogP contribution in [0.4, 0.5) is 11.4 Å². The van der Waals surface area contributed by atoms with Crippen LogP contribution in [-0.4, -0.2) is 30.6 Å². The lowest BCUT2D eigenvalue weighted by Crippen LogP contribution is -2.11. The quantitative estimate of drug-likeness (QED) is 0.694. The van der Waals surface area contributed by atoms with Crippen LogP contribution >= 0.6 is 0 Å². The number of nitrogens with zero attached hydrogens (tertiary/aromatic N) is 1. The first-order valence-electron chi connectivity index (χ1n) is 6.34. The van der Waals surface area contributed by atoms with Crippen LogP contribution in [0, 0.1) is 0 Å². The van der Waals surface area contributed by atoms with Gasteiger partial charge in [0.1, 0.15) is 0 Å². The summed E-state index contributed by atoms with van der Waals surface area (Å²) < 4.78 is 4.85. The SMILES string of the molecule is CCCNc1cncc(NCCC(=O)OCC)c1. The number of carbonyl (C=O) groups is 1. The summed E-state index contributed by atoms with van der Waals surface area (Å²) >= 11 is 0. The van der Waals surface area contributed by atoms with Crippen molar-refractivity contribution in [1.29, 1.82) is 0 Å². The highest BCUT2D eigenvalue weighted by molar-refractivity contribution is 5.70. The van der Waals surface area contributed by atoms with E-state index < -0.39 is 0 Å². The van der Waals surface area contributed by atoms with Gasteiger partial charge < -0.3 is 15.4 Å². The molecule has 18 heavy (non-hydrogen) atoms. The van der Waals surface area contributed by atoms with Crippen LogP contribution < -0.4 is 10.6 Å². The third kappa shape index (κ3) is 5.52. The number of anilines is 2. The van der Waals surface area contributed by atoms with Crippen molar-refractivity contribution in [3.8, 4) is 0 Å². The van der Waals surface area contributed by atoms with Gasteiger partial charge in [-0.05, 0) is 19.4 Å². The molecule has 100 valence electrons. The van der Waals surface area contributed by atoms with Crippen molar-refractivity contribution in [3.63, 3.8) is 0 Å². The molecule has 0 saturated heterocycles. The first-order valence-corrected chi connectivity index (χ1v) is 6.34. The molecule has 0 aliphatic carbocycles. The zero-order chi connectivity index (χ0) is 13.2. The second-order valence-electron chi connectivity index (χ2n) is 3.87. The van der Waals surface area contributed by atoms with E-state index in [1.807, 2.05) is 6.07 Å².